The Morgan fingerprint density at radius 2 is 1.91 bits per heavy atom. The Morgan fingerprint density at radius 1 is 1.23 bits per heavy atom. The van der Waals surface area contributed by atoms with E-state index in [-0.39, 0.29) is 23.1 Å². The van der Waals surface area contributed by atoms with Crippen molar-refractivity contribution < 1.29 is 32.9 Å². The number of alkyl halides is 2. The van der Waals surface area contributed by atoms with Crippen molar-refractivity contribution in [2.24, 2.45) is 17.3 Å². The molecule has 0 aromatic rings. The lowest BCUT2D eigenvalue weighted by Gasteiger charge is -2.61. The van der Waals surface area contributed by atoms with Crippen molar-refractivity contribution in [1.29, 1.82) is 0 Å². The van der Waals surface area contributed by atoms with Gasteiger partial charge in [0.15, 0.2) is 0 Å². The van der Waals surface area contributed by atoms with E-state index in [1.807, 2.05) is 0 Å². The highest BCUT2D eigenvalue weighted by Gasteiger charge is 2.58. The van der Waals surface area contributed by atoms with E-state index in [1.54, 1.807) is 7.11 Å². The zero-order chi connectivity index (χ0) is 15.8. The minimum atomic E-state index is -3.30. The van der Waals surface area contributed by atoms with E-state index in [2.05, 4.69) is 9.37 Å². The van der Waals surface area contributed by atoms with Crippen LogP contribution >= 0.6 is 12.0 Å². The maximum atomic E-state index is 13.4. The molecule has 0 aliphatic heterocycles. The number of ether oxygens (including phenoxy) is 2. The fourth-order valence-electron chi connectivity index (χ4n) is 5.25. The second kappa shape index (κ2) is 6.14. The van der Waals surface area contributed by atoms with Gasteiger partial charge in [-0.15, -0.1) is 0 Å². The standard InChI is InChI=1S/C14H22F2O5S/c1-18-13-5-10-2-11(6-13)4-12(3-10,7-13)8-19-9-14(15,16)22-21-20-17/h10-11,17H,2-9H2,1H3/p-1. The van der Waals surface area contributed by atoms with Gasteiger partial charge in [0.2, 0.25) is 0 Å². The molecule has 2 unspecified atom stereocenters. The quantitative estimate of drug-likeness (QED) is 0.385. The summed E-state index contributed by atoms with van der Waals surface area (Å²) < 4.78 is 41.6. The number of halogens is 2. The molecule has 8 heteroatoms. The Labute approximate surface area is 132 Å². The minimum Gasteiger partial charge on any atom is -0.691 e. The topological polar surface area (TPSA) is 60.0 Å². The number of hydrogen-bond donors (Lipinski definition) is 0. The van der Waals surface area contributed by atoms with Crippen LogP contribution < -0.4 is 5.26 Å². The molecule has 22 heavy (non-hydrogen) atoms. The highest BCUT2D eigenvalue weighted by molar-refractivity contribution is 7.95. The van der Waals surface area contributed by atoms with Crippen LogP contribution in [-0.2, 0) is 18.8 Å². The lowest BCUT2D eigenvalue weighted by atomic mass is 9.48. The maximum Gasteiger partial charge on any atom is 0.343 e. The smallest absolute Gasteiger partial charge is 0.343 e. The lowest BCUT2D eigenvalue weighted by molar-refractivity contribution is -0.777. The van der Waals surface area contributed by atoms with E-state index in [9.17, 15) is 14.0 Å². The molecule has 128 valence electrons. The molecule has 0 heterocycles. The summed E-state index contributed by atoms with van der Waals surface area (Å²) >= 11 is -0.318. The summed E-state index contributed by atoms with van der Waals surface area (Å²) in [6.45, 7) is -0.489. The Hall–Kier alpha value is 0.01000. The van der Waals surface area contributed by atoms with Crippen LogP contribution in [-0.4, -0.2) is 31.2 Å². The van der Waals surface area contributed by atoms with E-state index in [0.29, 0.717) is 18.4 Å². The van der Waals surface area contributed by atoms with Crippen LogP contribution in [0.4, 0.5) is 8.78 Å². The number of hydrogen-bond acceptors (Lipinski definition) is 6. The molecule has 0 spiro atoms. The first-order valence-corrected chi connectivity index (χ1v) is 8.29. The van der Waals surface area contributed by atoms with Gasteiger partial charge in [0.25, 0.3) is 0 Å². The van der Waals surface area contributed by atoms with Gasteiger partial charge in [0.05, 0.1) is 12.2 Å². The second-order valence-corrected chi connectivity index (χ2v) is 8.10. The first-order chi connectivity index (χ1) is 10.4. The molecule has 5 nitrogen and oxygen atoms in total. The first kappa shape index (κ1) is 16.9. The predicted molar refractivity (Wildman–Crippen MR) is 72.4 cm³/mol. The summed E-state index contributed by atoms with van der Waals surface area (Å²) in [6.07, 6.45) is 6.36. The molecule has 4 bridgehead atoms. The molecule has 4 aliphatic carbocycles. The molecular weight excluding hydrogens is 318 g/mol. The average Bonchev–Trinajstić information content (AvgIpc) is 2.43. The van der Waals surface area contributed by atoms with Crippen LogP contribution in [0.2, 0.25) is 0 Å². The fraction of sp³-hybridized carbons (Fsp3) is 1.00. The Kier molecular flexibility index (Phi) is 4.70. The van der Waals surface area contributed by atoms with Gasteiger partial charge in [-0.2, -0.15) is 13.1 Å². The van der Waals surface area contributed by atoms with Crippen molar-refractivity contribution in [2.45, 2.75) is 49.4 Å². The summed E-state index contributed by atoms with van der Waals surface area (Å²) in [6, 6.07) is 0. The van der Waals surface area contributed by atoms with Gasteiger partial charge in [-0.25, -0.2) is 0 Å². The van der Waals surface area contributed by atoms with Gasteiger partial charge in [0, 0.05) is 7.11 Å². The van der Waals surface area contributed by atoms with Gasteiger partial charge in [0.1, 0.15) is 18.6 Å². The van der Waals surface area contributed by atoms with Gasteiger partial charge in [-0.1, -0.05) is 0 Å². The van der Waals surface area contributed by atoms with Crippen LogP contribution in [0, 0.1) is 17.3 Å². The van der Waals surface area contributed by atoms with E-state index < -0.39 is 11.9 Å². The normalized spacial score (nSPS) is 40.4. The van der Waals surface area contributed by atoms with Gasteiger partial charge < -0.3 is 14.7 Å². The third kappa shape index (κ3) is 3.42. The van der Waals surface area contributed by atoms with E-state index in [0.717, 1.165) is 32.1 Å². The summed E-state index contributed by atoms with van der Waals surface area (Å²) in [7, 11) is 1.76. The molecule has 0 N–H and O–H groups in total. The van der Waals surface area contributed by atoms with Crippen molar-refractivity contribution in [3.05, 3.63) is 0 Å². The molecule has 0 radical (unpaired) electrons. The van der Waals surface area contributed by atoms with E-state index >= 15 is 0 Å². The summed E-state index contributed by atoms with van der Waals surface area (Å²) in [5.74, 6) is 1.24. The fourth-order valence-corrected chi connectivity index (χ4v) is 5.51. The molecule has 2 atom stereocenters. The van der Waals surface area contributed by atoms with Crippen molar-refractivity contribution in [1.82, 2.24) is 0 Å². The molecule has 0 saturated heterocycles. The number of methoxy groups -OCH3 is 1. The summed E-state index contributed by atoms with van der Waals surface area (Å²) in [5, 5.41) is 9.26. The van der Waals surface area contributed by atoms with Gasteiger partial charge in [-0.05, 0) is 55.8 Å². The van der Waals surface area contributed by atoms with Crippen molar-refractivity contribution in [3.8, 4) is 0 Å². The maximum absolute atomic E-state index is 13.4. The lowest BCUT2D eigenvalue weighted by Crippen LogP contribution is -2.57. The highest BCUT2D eigenvalue weighted by Crippen LogP contribution is 2.62. The highest BCUT2D eigenvalue weighted by atomic mass is 32.2. The van der Waals surface area contributed by atoms with Crippen molar-refractivity contribution >= 4 is 12.0 Å². The van der Waals surface area contributed by atoms with E-state index in [1.165, 1.54) is 6.42 Å². The zero-order valence-corrected chi connectivity index (χ0v) is 13.3. The second-order valence-electron chi connectivity index (χ2n) is 7.20. The Morgan fingerprint density at radius 3 is 2.50 bits per heavy atom. The molecule has 0 aromatic heterocycles. The monoisotopic (exact) mass is 339 g/mol. The molecule has 4 saturated carbocycles. The average molecular weight is 339 g/mol. The van der Waals surface area contributed by atoms with Crippen LogP contribution in [0.25, 0.3) is 0 Å². The predicted octanol–water partition coefficient (Wildman–Crippen LogP) is 2.45. The number of rotatable bonds is 8. The molecule has 4 aliphatic rings. The largest absolute Gasteiger partial charge is 0.691 e. The molecule has 4 rings (SSSR count). The van der Waals surface area contributed by atoms with Gasteiger partial charge >= 0.3 is 5.25 Å². The zero-order valence-electron chi connectivity index (χ0n) is 12.5. The third-order valence-corrected chi connectivity index (χ3v) is 5.91. The minimum absolute atomic E-state index is 0.0449. The van der Waals surface area contributed by atoms with Crippen LogP contribution in [0.5, 0.6) is 0 Å². The molecular formula is C14H21F2O5S-. The first-order valence-electron chi connectivity index (χ1n) is 7.55. The SMILES string of the molecule is COC12CC3CC(CC(COCC(F)(F)SOO[O-])(C3)C1)C2. The summed E-state index contributed by atoms with van der Waals surface area (Å²) in [4.78, 5) is 0. The van der Waals surface area contributed by atoms with Crippen molar-refractivity contribution in [2.75, 3.05) is 20.3 Å². The Balaban J connectivity index is 1.56. The van der Waals surface area contributed by atoms with E-state index in [4.69, 9.17) is 9.47 Å². The summed E-state index contributed by atoms with van der Waals surface area (Å²) in [5.41, 5.74) is -0.124. The third-order valence-electron chi connectivity index (χ3n) is 5.42. The van der Waals surface area contributed by atoms with Crippen LogP contribution in [0.3, 0.4) is 0 Å². The molecule has 0 amide bonds. The molecule has 0 aromatic carbocycles. The van der Waals surface area contributed by atoms with Gasteiger partial charge in [-0.3, -0.25) is 5.04 Å². The van der Waals surface area contributed by atoms with Crippen LogP contribution in [0.1, 0.15) is 38.5 Å². The molecule has 4 fully saturated rings. The Bertz CT molecular complexity index is 395. The van der Waals surface area contributed by atoms with Crippen molar-refractivity contribution in [3.63, 3.8) is 0 Å². The van der Waals surface area contributed by atoms with Crippen LogP contribution in [0.15, 0.2) is 0 Å².